The Morgan fingerprint density at radius 1 is 1.36 bits per heavy atom. The number of benzene rings is 1. The van der Waals surface area contributed by atoms with Crippen LogP contribution in [0, 0.1) is 6.07 Å². The first-order valence-electron chi connectivity index (χ1n) is 4.34. The van der Waals surface area contributed by atoms with E-state index in [2.05, 4.69) is 13.0 Å². The summed E-state index contributed by atoms with van der Waals surface area (Å²) in [7, 11) is 0. The molecule has 0 heterocycles. The van der Waals surface area contributed by atoms with Gasteiger partial charge < -0.3 is 0 Å². The third kappa shape index (κ3) is 5.52. The molecule has 0 aliphatic carbocycles. The maximum absolute atomic E-state index is 11.4. The fraction of sp³-hybridized carbons (Fsp3) is 0.364. The van der Waals surface area contributed by atoms with Gasteiger partial charge >= 0.3 is 0 Å². The van der Waals surface area contributed by atoms with Gasteiger partial charge in [0.05, 0.1) is 0 Å². The summed E-state index contributed by atoms with van der Waals surface area (Å²) >= 11 is 0. The normalized spacial score (nSPS) is 8.36. The van der Waals surface area contributed by atoms with E-state index in [9.17, 15) is 4.79 Å². The van der Waals surface area contributed by atoms with Crippen LogP contribution in [0.5, 0.6) is 0 Å². The summed E-state index contributed by atoms with van der Waals surface area (Å²) in [4.78, 5) is 11.4. The fourth-order valence-corrected chi connectivity index (χ4v) is 1.05. The van der Waals surface area contributed by atoms with Crippen LogP contribution in [0.15, 0.2) is 24.3 Å². The second kappa shape index (κ2) is 9.36. The number of rotatable bonds is 4. The van der Waals surface area contributed by atoms with Crippen molar-refractivity contribution in [2.75, 3.05) is 0 Å². The van der Waals surface area contributed by atoms with Gasteiger partial charge in [0.25, 0.3) is 0 Å². The summed E-state index contributed by atoms with van der Waals surface area (Å²) < 4.78 is 0. The Bertz CT molecular complexity index is 249. The average molecular weight is 263 g/mol. The van der Waals surface area contributed by atoms with E-state index in [0.717, 1.165) is 18.4 Å². The number of carbonyl (C=O) groups excluding carboxylic acids is 1. The molecule has 1 nitrogen and oxygen atoms in total. The van der Waals surface area contributed by atoms with E-state index >= 15 is 0 Å². The Morgan fingerprint density at radius 2 is 1.93 bits per heavy atom. The van der Waals surface area contributed by atoms with Gasteiger partial charge in [-0.3, -0.25) is 4.79 Å². The average Bonchev–Trinajstić information content (AvgIpc) is 2.15. The molecule has 0 fully saturated rings. The first kappa shape index (κ1) is 16.2. The van der Waals surface area contributed by atoms with E-state index in [1.807, 2.05) is 12.1 Å². The van der Waals surface area contributed by atoms with Gasteiger partial charge in [-0.25, -0.2) is 0 Å². The van der Waals surface area contributed by atoms with E-state index in [1.165, 1.54) is 0 Å². The molecule has 0 saturated carbocycles. The molecule has 74 valence electrons. The van der Waals surface area contributed by atoms with E-state index in [0.29, 0.717) is 6.42 Å². The SMILES string of the molecule is CCCCC(=O)c1cc[c-]cc1.Cl.[Zn]. The molecule has 1 aromatic rings. The van der Waals surface area contributed by atoms with Crippen LogP contribution in [-0.2, 0) is 19.5 Å². The van der Waals surface area contributed by atoms with Crippen molar-refractivity contribution < 1.29 is 24.3 Å². The molecule has 3 heteroatoms. The zero-order valence-corrected chi connectivity index (χ0v) is 12.2. The second-order valence-corrected chi connectivity index (χ2v) is 2.82. The largest absolute Gasteiger partial charge is 0.297 e. The summed E-state index contributed by atoms with van der Waals surface area (Å²) in [6.07, 6.45) is 2.72. The molecule has 0 aliphatic heterocycles. The van der Waals surface area contributed by atoms with Crippen molar-refractivity contribution in [3.8, 4) is 0 Å². The maximum atomic E-state index is 11.4. The van der Waals surface area contributed by atoms with Crippen molar-refractivity contribution in [3.63, 3.8) is 0 Å². The number of hydrogen-bond donors (Lipinski definition) is 0. The van der Waals surface area contributed by atoms with Gasteiger partial charge in [-0.1, -0.05) is 18.9 Å². The molecule has 0 N–H and O–H groups in total. The van der Waals surface area contributed by atoms with Gasteiger partial charge in [0.2, 0.25) is 0 Å². The van der Waals surface area contributed by atoms with Crippen LogP contribution in [-0.4, -0.2) is 5.78 Å². The van der Waals surface area contributed by atoms with E-state index in [-0.39, 0.29) is 37.7 Å². The van der Waals surface area contributed by atoms with Crippen molar-refractivity contribution in [1.82, 2.24) is 0 Å². The quantitative estimate of drug-likeness (QED) is 0.463. The summed E-state index contributed by atoms with van der Waals surface area (Å²) in [6.45, 7) is 2.09. The number of unbranched alkanes of at least 4 members (excludes halogenated alkanes) is 1. The molecule has 1 rings (SSSR count). The molecule has 0 aliphatic rings. The molecule has 14 heavy (non-hydrogen) atoms. The van der Waals surface area contributed by atoms with Gasteiger partial charge in [-0.05, 0) is 6.42 Å². The number of Topliss-reactive ketones (excluding diaryl/α,β-unsaturated/α-hetero) is 1. The Labute approximate surface area is 104 Å². The van der Waals surface area contributed by atoms with Crippen molar-refractivity contribution in [2.24, 2.45) is 0 Å². The molecule has 0 unspecified atom stereocenters. The minimum Gasteiger partial charge on any atom is -0.297 e. The fourth-order valence-electron chi connectivity index (χ4n) is 1.05. The van der Waals surface area contributed by atoms with Crippen LogP contribution in [0.2, 0.25) is 0 Å². The number of carbonyl (C=O) groups is 1. The Balaban J connectivity index is 0. The van der Waals surface area contributed by atoms with Crippen LogP contribution in [0.25, 0.3) is 0 Å². The minimum absolute atomic E-state index is 0. The number of halogens is 1. The third-order valence-electron chi connectivity index (χ3n) is 1.80. The molecule has 0 spiro atoms. The van der Waals surface area contributed by atoms with Gasteiger partial charge in [-0.2, -0.15) is 30.3 Å². The van der Waals surface area contributed by atoms with Crippen molar-refractivity contribution in [2.45, 2.75) is 26.2 Å². The Kier molecular flexibility index (Phi) is 10.9. The van der Waals surface area contributed by atoms with Gasteiger partial charge in [0.1, 0.15) is 5.78 Å². The molecule has 0 radical (unpaired) electrons. The van der Waals surface area contributed by atoms with Crippen molar-refractivity contribution >= 4 is 18.2 Å². The zero-order chi connectivity index (χ0) is 8.81. The van der Waals surface area contributed by atoms with Crippen LogP contribution < -0.4 is 0 Å². The minimum atomic E-state index is 0. The number of ketones is 1. The molecular formula is C11H14ClOZn-. The Morgan fingerprint density at radius 3 is 2.43 bits per heavy atom. The maximum Gasteiger partial charge on any atom is 0.138 e. The predicted molar refractivity (Wildman–Crippen MR) is 56.4 cm³/mol. The molecule has 1 aromatic carbocycles. The standard InChI is InChI=1S/C11H13O.ClH.Zn/c1-2-3-9-11(12)10-7-5-4-6-8-10;;/h5-8H,2-3,9H2,1H3;1H;/q-1;;. The molecule has 0 bridgehead atoms. The third-order valence-corrected chi connectivity index (χ3v) is 1.80. The molecule has 0 amide bonds. The smallest absolute Gasteiger partial charge is 0.138 e. The van der Waals surface area contributed by atoms with Crippen molar-refractivity contribution in [3.05, 3.63) is 35.9 Å². The van der Waals surface area contributed by atoms with E-state index in [4.69, 9.17) is 0 Å². The summed E-state index contributed by atoms with van der Waals surface area (Å²) in [5.41, 5.74) is 0.808. The van der Waals surface area contributed by atoms with E-state index < -0.39 is 0 Å². The molecule has 0 saturated heterocycles. The molecule has 0 atom stereocenters. The predicted octanol–water partition coefficient (Wildman–Crippen LogP) is 3.28. The molecule has 0 aromatic heterocycles. The van der Waals surface area contributed by atoms with Gasteiger partial charge in [-0.15, -0.1) is 12.4 Å². The van der Waals surface area contributed by atoms with Crippen LogP contribution in [0.3, 0.4) is 0 Å². The number of hydrogen-bond acceptors (Lipinski definition) is 1. The van der Waals surface area contributed by atoms with E-state index in [1.54, 1.807) is 12.1 Å². The first-order chi connectivity index (χ1) is 5.84. The molecular weight excluding hydrogens is 249 g/mol. The van der Waals surface area contributed by atoms with Gasteiger partial charge in [0.15, 0.2) is 0 Å². The summed E-state index contributed by atoms with van der Waals surface area (Å²) in [6, 6.07) is 10.1. The van der Waals surface area contributed by atoms with Crippen LogP contribution >= 0.6 is 12.4 Å². The Hall–Kier alpha value is -0.197. The second-order valence-electron chi connectivity index (χ2n) is 2.82. The summed E-state index contributed by atoms with van der Waals surface area (Å²) in [5, 5.41) is 0. The van der Waals surface area contributed by atoms with Crippen LogP contribution in [0.4, 0.5) is 0 Å². The van der Waals surface area contributed by atoms with Crippen LogP contribution in [0.1, 0.15) is 36.5 Å². The zero-order valence-electron chi connectivity index (χ0n) is 8.45. The topological polar surface area (TPSA) is 17.1 Å². The monoisotopic (exact) mass is 261 g/mol. The van der Waals surface area contributed by atoms with Crippen molar-refractivity contribution in [1.29, 1.82) is 0 Å². The first-order valence-corrected chi connectivity index (χ1v) is 4.34. The summed E-state index contributed by atoms with van der Waals surface area (Å²) in [5.74, 6) is 0.242. The van der Waals surface area contributed by atoms with Gasteiger partial charge in [0, 0.05) is 25.9 Å².